The van der Waals surface area contributed by atoms with Crippen molar-refractivity contribution in [3.63, 3.8) is 0 Å². The van der Waals surface area contributed by atoms with E-state index in [1.54, 1.807) is 18.7 Å². The fraction of sp³-hybridized carbons (Fsp3) is 0.526. The van der Waals surface area contributed by atoms with E-state index in [2.05, 4.69) is 5.32 Å². The molecule has 1 saturated carbocycles. The zero-order chi connectivity index (χ0) is 18.0. The molecule has 2 aliphatic rings. The summed E-state index contributed by atoms with van der Waals surface area (Å²) in [5.74, 6) is -0.0349. The number of aliphatic carboxylic acids is 1. The summed E-state index contributed by atoms with van der Waals surface area (Å²) in [6.07, 6.45) is 4.45. The molecule has 1 aliphatic carbocycles. The zero-order valence-corrected chi connectivity index (χ0v) is 15.1. The van der Waals surface area contributed by atoms with Crippen LogP contribution in [0.5, 0.6) is 0 Å². The summed E-state index contributed by atoms with van der Waals surface area (Å²) in [7, 11) is 0. The van der Waals surface area contributed by atoms with Crippen LogP contribution < -0.4 is 5.32 Å². The lowest BCUT2D eigenvalue weighted by atomic mass is 9.76. The van der Waals surface area contributed by atoms with Crippen LogP contribution >= 0.6 is 11.8 Å². The molecule has 3 rings (SSSR count). The fourth-order valence-electron chi connectivity index (χ4n) is 3.75. The normalized spacial score (nSPS) is 23.8. The summed E-state index contributed by atoms with van der Waals surface area (Å²) in [5.41, 5.74) is 1.59. The van der Waals surface area contributed by atoms with Crippen LogP contribution in [-0.2, 0) is 9.59 Å². The van der Waals surface area contributed by atoms with E-state index in [0.29, 0.717) is 5.92 Å². The van der Waals surface area contributed by atoms with Gasteiger partial charge in [-0.2, -0.15) is 0 Å². The van der Waals surface area contributed by atoms with Crippen molar-refractivity contribution >= 4 is 29.4 Å². The Morgan fingerprint density at radius 2 is 2.08 bits per heavy atom. The van der Waals surface area contributed by atoms with Crippen molar-refractivity contribution in [2.24, 2.45) is 11.8 Å². The second-order valence-electron chi connectivity index (χ2n) is 6.92. The van der Waals surface area contributed by atoms with E-state index < -0.39 is 11.9 Å². The minimum absolute atomic E-state index is 0.143. The predicted molar refractivity (Wildman–Crippen MR) is 96.0 cm³/mol. The first-order valence-corrected chi connectivity index (χ1v) is 9.76. The van der Waals surface area contributed by atoms with Gasteiger partial charge in [-0.3, -0.25) is 14.4 Å². The number of ketones is 1. The Morgan fingerprint density at radius 3 is 2.84 bits per heavy atom. The summed E-state index contributed by atoms with van der Waals surface area (Å²) in [5, 5.41) is 11.1. The standard InChI is InChI=1S/C19H23NO4S/c1-11(19(24)20-9-17(21)22)12-6-7-15-16(8-12)25-10-13-4-2-3-5-14(13)18(15)23/h6-8,11,13-14H,2-5,9-10H2,1H3,(H,20,24)(H,21,22)/t11?,13-,14+/m0/s1. The molecule has 6 heteroatoms. The van der Waals surface area contributed by atoms with Gasteiger partial charge < -0.3 is 10.4 Å². The van der Waals surface area contributed by atoms with E-state index in [1.807, 2.05) is 18.2 Å². The Labute approximate surface area is 151 Å². The smallest absolute Gasteiger partial charge is 0.322 e. The van der Waals surface area contributed by atoms with Crippen molar-refractivity contribution in [3.8, 4) is 0 Å². The number of hydrogen-bond donors (Lipinski definition) is 2. The van der Waals surface area contributed by atoms with E-state index in [1.165, 1.54) is 6.42 Å². The molecule has 1 aliphatic heterocycles. The summed E-state index contributed by atoms with van der Waals surface area (Å²) >= 11 is 1.71. The number of Topliss-reactive ketones (excluding diaryl/α,β-unsaturated/α-hetero) is 1. The molecular weight excluding hydrogens is 338 g/mol. The Morgan fingerprint density at radius 1 is 1.32 bits per heavy atom. The Hall–Kier alpha value is -1.82. The maximum atomic E-state index is 12.9. The van der Waals surface area contributed by atoms with Crippen LogP contribution in [0.25, 0.3) is 0 Å². The molecule has 1 aromatic rings. The first kappa shape index (κ1) is 18.0. The second kappa shape index (κ2) is 7.60. The molecule has 1 amide bonds. The van der Waals surface area contributed by atoms with Crippen LogP contribution in [0.2, 0.25) is 0 Å². The van der Waals surface area contributed by atoms with Gasteiger partial charge in [-0.05, 0) is 43.4 Å². The topological polar surface area (TPSA) is 83.5 Å². The zero-order valence-electron chi connectivity index (χ0n) is 14.3. The van der Waals surface area contributed by atoms with Gasteiger partial charge in [0, 0.05) is 22.1 Å². The molecule has 1 unspecified atom stereocenters. The summed E-state index contributed by atoms with van der Waals surface area (Å²) in [6.45, 7) is 1.37. The lowest BCUT2D eigenvalue weighted by Gasteiger charge is -2.28. The molecule has 0 aromatic heterocycles. The van der Waals surface area contributed by atoms with Gasteiger partial charge in [0.2, 0.25) is 5.91 Å². The van der Waals surface area contributed by atoms with Gasteiger partial charge in [-0.15, -0.1) is 11.8 Å². The molecule has 2 N–H and O–H groups in total. The van der Waals surface area contributed by atoms with Gasteiger partial charge in [-0.1, -0.05) is 18.9 Å². The Balaban J connectivity index is 1.80. The number of benzene rings is 1. The molecule has 5 nitrogen and oxygen atoms in total. The van der Waals surface area contributed by atoms with Gasteiger partial charge in [0.1, 0.15) is 6.54 Å². The molecule has 25 heavy (non-hydrogen) atoms. The minimum atomic E-state index is -1.06. The lowest BCUT2D eigenvalue weighted by molar-refractivity contribution is -0.138. The number of rotatable bonds is 4. The Bertz CT molecular complexity index is 703. The van der Waals surface area contributed by atoms with Crippen molar-refractivity contribution < 1.29 is 19.5 Å². The predicted octanol–water partition coefficient (Wildman–Crippen LogP) is 3.09. The Kier molecular flexibility index (Phi) is 5.47. The third-order valence-corrected chi connectivity index (χ3v) is 6.52. The van der Waals surface area contributed by atoms with E-state index >= 15 is 0 Å². The lowest BCUT2D eigenvalue weighted by Crippen LogP contribution is -2.32. The van der Waals surface area contributed by atoms with Crippen LogP contribution in [0.4, 0.5) is 0 Å². The summed E-state index contributed by atoms with van der Waals surface area (Å²) in [4.78, 5) is 36.6. The first-order chi connectivity index (χ1) is 12.0. The fourth-order valence-corrected chi connectivity index (χ4v) is 5.08. The van der Waals surface area contributed by atoms with Crippen LogP contribution in [0, 0.1) is 11.8 Å². The number of amides is 1. The van der Waals surface area contributed by atoms with Crippen LogP contribution in [0.3, 0.4) is 0 Å². The van der Waals surface area contributed by atoms with E-state index in [4.69, 9.17) is 5.11 Å². The molecule has 0 saturated heterocycles. The van der Waals surface area contributed by atoms with Crippen LogP contribution in [0.15, 0.2) is 23.1 Å². The van der Waals surface area contributed by atoms with Gasteiger partial charge in [0.05, 0.1) is 5.92 Å². The highest BCUT2D eigenvalue weighted by Crippen LogP contribution is 2.42. The molecule has 1 fully saturated rings. The van der Waals surface area contributed by atoms with Crippen molar-refractivity contribution in [1.29, 1.82) is 0 Å². The SMILES string of the molecule is CC(C(=O)NCC(=O)O)c1ccc2c(c1)SC[C@@H]1CCCC[C@H]1C2=O. The molecular formula is C19H23NO4S. The van der Waals surface area contributed by atoms with Crippen molar-refractivity contribution in [3.05, 3.63) is 29.3 Å². The number of carboxylic acid groups (broad SMARTS) is 1. The van der Waals surface area contributed by atoms with Crippen molar-refractivity contribution in [1.82, 2.24) is 5.32 Å². The molecule has 134 valence electrons. The molecule has 3 atom stereocenters. The maximum absolute atomic E-state index is 12.9. The first-order valence-electron chi connectivity index (χ1n) is 8.78. The molecule has 1 aromatic carbocycles. The van der Waals surface area contributed by atoms with Gasteiger partial charge in [0.25, 0.3) is 0 Å². The van der Waals surface area contributed by atoms with Gasteiger partial charge in [-0.25, -0.2) is 0 Å². The second-order valence-corrected chi connectivity index (χ2v) is 7.98. The highest BCUT2D eigenvalue weighted by atomic mass is 32.2. The van der Waals surface area contributed by atoms with Gasteiger partial charge in [0.15, 0.2) is 5.78 Å². The van der Waals surface area contributed by atoms with E-state index in [-0.39, 0.29) is 24.2 Å². The molecule has 0 bridgehead atoms. The molecule has 0 radical (unpaired) electrons. The largest absolute Gasteiger partial charge is 0.480 e. The quantitative estimate of drug-likeness (QED) is 0.861. The third kappa shape index (κ3) is 3.89. The average Bonchev–Trinajstić information content (AvgIpc) is 2.76. The van der Waals surface area contributed by atoms with E-state index in [0.717, 1.165) is 41.0 Å². The number of nitrogens with one attached hydrogen (secondary N) is 1. The number of carbonyl (C=O) groups excluding carboxylic acids is 2. The average molecular weight is 361 g/mol. The third-order valence-electron chi connectivity index (χ3n) is 5.28. The number of hydrogen-bond acceptors (Lipinski definition) is 4. The maximum Gasteiger partial charge on any atom is 0.322 e. The van der Waals surface area contributed by atoms with Crippen molar-refractivity contribution in [2.45, 2.75) is 43.4 Å². The van der Waals surface area contributed by atoms with Crippen LogP contribution in [0.1, 0.15) is 54.4 Å². The van der Waals surface area contributed by atoms with Crippen molar-refractivity contribution in [2.75, 3.05) is 12.3 Å². The number of fused-ring (bicyclic) bond motifs is 2. The monoisotopic (exact) mass is 361 g/mol. The number of carboxylic acids is 1. The van der Waals surface area contributed by atoms with E-state index in [9.17, 15) is 14.4 Å². The summed E-state index contributed by atoms with van der Waals surface area (Å²) in [6, 6.07) is 5.60. The number of thioether (sulfide) groups is 1. The highest BCUT2D eigenvalue weighted by molar-refractivity contribution is 7.99. The number of carbonyl (C=O) groups is 3. The minimum Gasteiger partial charge on any atom is -0.480 e. The molecule has 0 spiro atoms. The molecule has 1 heterocycles. The summed E-state index contributed by atoms with van der Waals surface area (Å²) < 4.78 is 0. The highest BCUT2D eigenvalue weighted by Gasteiger charge is 2.35. The van der Waals surface area contributed by atoms with Gasteiger partial charge >= 0.3 is 5.97 Å². The van der Waals surface area contributed by atoms with Crippen LogP contribution in [-0.4, -0.2) is 35.1 Å².